The molecule has 1 aromatic carbocycles. The van der Waals surface area contributed by atoms with Crippen LogP contribution < -0.4 is 0 Å². The molecule has 0 bridgehead atoms. The molecule has 0 unspecified atom stereocenters. The van der Waals surface area contributed by atoms with Crippen molar-refractivity contribution in [2.45, 2.75) is 64.7 Å². The fourth-order valence-corrected chi connectivity index (χ4v) is 4.25. The standard InChI is InChI=1S/C23H34N2O4/c1-23(2,3)29-21(26)19-11-7-8-12-20(19)24-13-15-25(16-14-24)22(27)28-17-18-9-5-4-6-10-18/h4-6,9-10,19-20H,7-8,11-17H2,1-3H3/t19-,20-/m0/s1. The van der Waals surface area contributed by atoms with E-state index in [1.165, 1.54) is 0 Å². The number of hydrogen-bond donors (Lipinski definition) is 0. The largest absolute Gasteiger partial charge is 0.460 e. The van der Waals surface area contributed by atoms with Gasteiger partial charge in [-0.1, -0.05) is 43.2 Å². The Labute approximate surface area is 174 Å². The van der Waals surface area contributed by atoms with Gasteiger partial charge in [-0.3, -0.25) is 9.69 Å². The first-order chi connectivity index (χ1) is 13.8. The Hall–Kier alpha value is -2.08. The zero-order chi connectivity index (χ0) is 20.9. The number of rotatable bonds is 4. The van der Waals surface area contributed by atoms with Crippen molar-refractivity contribution in [1.82, 2.24) is 9.80 Å². The lowest BCUT2D eigenvalue weighted by Crippen LogP contribution is -2.55. The Bertz CT molecular complexity index is 678. The normalized spacial score (nSPS) is 23.5. The maximum absolute atomic E-state index is 12.7. The van der Waals surface area contributed by atoms with Gasteiger partial charge in [-0.2, -0.15) is 0 Å². The number of carbonyl (C=O) groups is 2. The van der Waals surface area contributed by atoms with Crippen LogP contribution in [0.3, 0.4) is 0 Å². The quantitative estimate of drug-likeness (QED) is 0.716. The van der Waals surface area contributed by atoms with Crippen LogP contribution in [0.1, 0.15) is 52.0 Å². The van der Waals surface area contributed by atoms with Crippen LogP contribution in [0.5, 0.6) is 0 Å². The first kappa shape index (κ1) is 21.6. The van der Waals surface area contributed by atoms with Crippen molar-refractivity contribution in [2.24, 2.45) is 5.92 Å². The second-order valence-corrected chi connectivity index (χ2v) is 9.05. The summed E-state index contributed by atoms with van der Waals surface area (Å²) in [5.74, 6) is -0.147. The predicted molar refractivity (Wildman–Crippen MR) is 111 cm³/mol. The first-order valence-corrected chi connectivity index (χ1v) is 10.8. The number of piperazine rings is 1. The summed E-state index contributed by atoms with van der Waals surface area (Å²) in [5.41, 5.74) is 0.530. The van der Waals surface area contributed by atoms with E-state index in [2.05, 4.69) is 4.90 Å². The van der Waals surface area contributed by atoms with Gasteiger partial charge in [0.25, 0.3) is 0 Å². The molecule has 1 aromatic rings. The Balaban J connectivity index is 1.50. The SMILES string of the molecule is CC(C)(C)OC(=O)[C@H]1CCCC[C@@H]1N1CCN(C(=O)OCc2ccccc2)CC1. The van der Waals surface area contributed by atoms with E-state index in [0.29, 0.717) is 19.7 Å². The second-order valence-electron chi connectivity index (χ2n) is 9.05. The molecule has 1 aliphatic carbocycles. The molecule has 0 spiro atoms. The van der Waals surface area contributed by atoms with Crippen molar-refractivity contribution in [3.8, 4) is 0 Å². The molecular formula is C23H34N2O4. The third-order valence-electron chi connectivity index (χ3n) is 5.69. The van der Waals surface area contributed by atoms with Crippen LogP contribution in [0.25, 0.3) is 0 Å². The van der Waals surface area contributed by atoms with E-state index in [4.69, 9.17) is 9.47 Å². The van der Waals surface area contributed by atoms with Gasteiger partial charge in [-0.05, 0) is 39.2 Å². The Kier molecular flexibility index (Phi) is 7.17. The van der Waals surface area contributed by atoms with Crippen molar-refractivity contribution >= 4 is 12.1 Å². The van der Waals surface area contributed by atoms with Crippen molar-refractivity contribution in [2.75, 3.05) is 26.2 Å². The summed E-state index contributed by atoms with van der Waals surface area (Å²) in [4.78, 5) is 29.3. The van der Waals surface area contributed by atoms with Crippen molar-refractivity contribution in [3.05, 3.63) is 35.9 Å². The minimum atomic E-state index is -0.458. The number of hydrogen-bond acceptors (Lipinski definition) is 5. The van der Waals surface area contributed by atoms with Gasteiger partial charge in [0, 0.05) is 32.2 Å². The Morgan fingerprint density at radius 3 is 2.31 bits per heavy atom. The van der Waals surface area contributed by atoms with Crippen molar-refractivity contribution in [1.29, 1.82) is 0 Å². The molecule has 1 aliphatic heterocycles. The molecule has 2 atom stereocenters. The van der Waals surface area contributed by atoms with Crippen LogP contribution in [-0.2, 0) is 20.9 Å². The van der Waals surface area contributed by atoms with E-state index >= 15 is 0 Å². The lowest BCUT2D eigenvalue weighted by atomic mass is 9.83. The first-order valence-electron chi connectivity index (χ1n) is 10.8. The maximum atomic E-state index is 12.7. The number of benzene rings is 1. The van der Waals surface area contributed by atoms with Gasteiger partial charge in [0.1, 0.15) is 12.2 Å². The Morgan fingerprint density at radius 2 is 1.66 bits per heavy atom. The zero-order valence-corrected chi connectivity index (χ0v) is 17.9. The van der Waals surface area contributed by atoms with Crippen molar-refractivity contribution < 1.29 is 19.1 Å². The summed E-state index contributed by atoms with van der Waals surface area (Å²) in [5, 5.41) is 0. The molecule has 29 heavy (non-hydrogen) atoms. The Morgan fingerprint density at radius 1 is 1.00 bits per heavy atom. The molecule has 160 valence electrons. The summed E-state index contributed by atoms with van der Waals surface area (Å²) in [7, 11) is 0. The third kappa shape index (κ3) is 6.20. The topological polar surface area (TPSA) is 59.1 Å². The average molecular weight is 403 g/mol. The van der Waals surface area contributed by atoms with E-state index in [1.54, 1.807) is 4.90 Å². The smallest absolute Gasteiger partial charge is 0.410 e. The second kappa shape index (κ2) is 9.61. The summed E-state index contributed by atoms with van der Waals surface area (Å²) >= 11 is 0. The summed E-state index contributed by atoms with van der Waals surface area (Å²) in [6.45, 7) is 8.85. The molecule has 1 amide bonds. The number of amides is 1. The highest BCUT2D eigenvalue weighted by Crippen LogP contribution is 2.31. The minimum absolute atomic E-state index is 0.0699. The van der Waals surface area contributed by atoms with Crippen molar-refractivity contribution in [3.63, 3.8) is 0 Å². The highest BCUT2D eigenvalue weighted by molar-refractivity contribution is 5.74. The van der Waals surface area contributed by atoms with Gasteiger partial charge in [0.2, 0.25) is 0 Å². The van der Waals surface area contributed by atoms with Crippen LogP contribution in [0.4, 0.5) is 4.79 Å². The molecule has 6 heteroatoms. The van der Waals surface area contributed by atoms with Gasteiger partial charge in [-0.25, -0.2) is 4.79 Å². The zero-order valence-electron chi connectivity index (χ0n) is 17.9. The van der Waals surface area contributed by atoms with Crippen LogP contribution in [0.2, 0.25) is 0 Å². The van der Waals surface area contributed by atoms with Crippen LogP contribution in [0, 0.1) is 5.92 Å². The third-order valence-corrected chi connectivity index (χ3v) is 5.69. The molecule has 0 aromatic heterocycles. The summed E-state index contributed by atoms with van der Waals surface area (Å²) in [6.07, 6.45) is 3.86. The van der Waals surface area contributed by atoms with E-state index in [-0.39, 0.29) is 24.0 Å². The lowest BCUT2D eigenvalue weighted by molar-refractivity contribution is -0.164. The van der Waals surface area contributed by atoms with Crippen LogP contribution in [-0.4, -0.2) is 59.7 Å². The summed E-state index contributed by atoms with van der Waals surface area (Å²) < 4.78 is 11.1. The molecule has 1 heterocycles. The molecular weight excluding hydrogens is 368 g/mol. The number of nitrogens with zero attached hydrogens (tertiary/aromatic N) is 2. The molecule has 0 radical (unpaired) electrons. The molecule has 1 saturated heterocycles. The number of ether oxygens (including phenoxy) is 2. The van der Waals surface area contributed by atoms with E-state index in [1.807, 2.05) is 51.1 Å². The maximum Gasteiger partial charge on any atom is 0.410 e. The fraction of sp³-hybridized carbons (Fsp3) is 0.652. The lowest BCUT2D eigenvalue weighted by Gasteiger charge is -2.43. The van der Waals surface area contributed by atoms with Crippen LogP contribution >= 0.6 is 0 Å². The fourth-order valence-electron chi connectivity index (χ4n) is 4.25. The molecule has 3 rings (SSSR count). The van der Waals surface area contributed by atoms with E-state index in [0.717, 1.165) is 44.3 Å². The predicted octanol–water partition coefficient (Wildman–Crippen LogP) is 3.84. The average Bonchev–Trinajstić information content (AvgIpc) is 2.71. The molecule has 2 aliphatic rings. The minimum Gasteiger partial charge on any atom is -0.460 e. The highest BCUT2D eigenvalue weighted by Gasteiger charge is 2.38. The molecule has 6 nitrogen and oxygen atoms in total. The number of carbonyl (C=O) groups excluding carboxylic acids is 2. The van der Waals surface area contributed by atoms with Gasteiger partial charge in [-0.15, -0.1) is 0 Å². The van der Waals surface area contributed by atoms with Crippen LogP contribution in [0.15, 0.2) is 30.3 Å². The van der Waals surface area contributed by atoms with E-state index < -0.39 is 5.60 Å². The van der Waals surface area contributed by atoms with Gasteiger partial charge < -0.3 is 14.4 Å². The molecule has 2 fully saturated rings. The molecule has 1 saturated carbocycles. The monoisotopic (exact) mass is 402 g/mol. The number of esters is 1. The molecule has 0 N–H and O–H groups in total. The van der Waals surface area contributed by atoms with Gasteiger partial charge in [0.15, 0.2) is 0 Å². The van der Waals surface area contributed by atoms with Gasteiger partial charge >= 0.3 is 12.1 Å². The van der Waals surface area contributed by atoms with Gasteiger partial charge in [0.05, 0.1) is 5.92 Å². The highest BCUT2D eigenvalue weighted by atomic mass is 16.6. The summed E-state index contributed by atoms with van der Waals surface area (Å²) in [6, 6.07) is 9.93. The van der Waals surface area contributed by atoms with E-state index in [9.17, 15) is 9.59 Å².